The van der Waals surface area contributed by atoms with Crippen molar-refractivity contribution in [3.8, 4) is 0 Å². The Morgan fingerprint density at radius 2 is 1.55 bits per heavy atom. The summed E-state index contributed by atoms with van der Waals surface area (Å²) < 4.78 is 0. The first kappa shape index (κ1) is 15.3. The Morgan fingerprint density at radius 3 is 2.14 bits per heavy atom. The zero-order valence-electron chi connectivity index (χ0n) is 13.9. The van der Waals surface area contributed by atoms with Crippen molar-refractivity contribution < 1.29 is 9.59 Å². The van der Waals surface area contributed by atoms with Crippen LogP contribution in [-0.4, -0.2) is 11.8 Å². The zero-order valence-corrected chi connectivity index (χ0v) is 13.9. The number of anilines is 1. The highest BCUT2D eigenvalue weighted by Gasteiger charge is 2.49. The highest BCUT2D eigenvalue weighted by Crippen LogP contribution is 2.42. The number of nitrogens with zero attached hydrogens (tertiary/aromatic N) is 1. The van der Waals surface area contributed by atoms with Crippen LogP contribution >= 0.6 is 0 Å². The Morgan fingerprint density at radius 1 is 0.955 bits per heavy atom. The van der Waals surface area contributed by atoms with Crippen molar-refractivity contribution in [2.75, 3.05) is 4.90 Å². The highest BCUT2D eigenvalue weighted by molar-refractivity contribution is 6.22. The predicted octanol–water partition coefficient (Wildman–Crippen LogP) is 3.91. The number of hydrogen-bond donors (Lipinski definition) is 0. The van der Waals surface area contributed by atoms with Gasteiger partial charge in [-0.2, -0.15) is 0 Å². The van der Waals surface area contributed by atoms with Crippen molar-refractivity contribution in [3.05, 3.63) is 29.8 Å². The third kappa shape index (κ3) is 2.47. The van der Waals surface area contributed by atoms with Crippen LogP contribution in [0, 0.1) is 17.8 Å². The van der Waals surface area contributed by atoms with Gasteiger partial charge in [0.1, 0.15) is 0 Å². The molecule has 1 aliphatic carbocycles. The fourth-order valence-corrected chi connectivity index (χ4v) is 3.75. The monoisotopic (exact) mass is 299 g/mol. The van der Waals surface area contributed by atoms with Crippen molar-refractivity contribution in [2.24, 2.45) is 17.8 Å². The molecule has 3 atom stereocenters. The van der Waals surface area contributed by atoms with E-state index in [9.17, 15) is 9.59 Å². The van der Waals surface area contributed by atoms with Gasteiger partial charge in [-0.05, 0) is 48.3 Å². The van der Waals surface area contributed by atoms with Crippen LogP contribution in [-0.2, 0) is 15.0 Å². The van der Waals surface area contributed by atoms with Crippen LogP contribution in [0.15, 0.2) is 24.3 Å². The van der Waals surface area contributed by atoms with Gasteiger partial charge in [-0.25, -0.2) is 0 Å². The lowest BCUT2D eigenvalue weighted by molar-refractivity contribution is -0.122. The van der Waals surface area contributed by atoms with Gasteiger partial charge in [0.05, 0.1) is 17.5 Å². The van der Waals surface area contributed by atoms with Crippen LogP contribution in [0.3, 0.4) is 0 Å². The van der Waals surface area contributed by atoms with Crippen LogP contribution in [0.1, 0.15) is 52.5 Å². The molecule has 3 heteroatoms. The normalized spacial score (nSPS) is 28.9. The Balaban J connectivity index is 1.89. The second kappa shape index (κ2) is 5.22. The van der Waals surface area contributed by atoms with Crippen molar-refractivity contribution in [2.45, 2.75) is 52.4 Å². The maximum Gasteiger partial charge on any atom is 0.237 e. The molecule has 2 amide bonds. The molecule has 3 nitrogen and oxygen atoms in total. The van der Waals surface area contributed by atoms with Crippen LogP contribution < -0.4 is 4.90 Å². The molecule has 118 valence electrons. The van der Waals surface area contributed by atoms with E-state index in [-0.39, 0.29) is 29.1 Å². The second-order valence-electron chi connectivity index (χ2n) is 7.94. The second-order valence-corrected chi connectivity index (χ2v) is 7.94. The summed E-state index contributed by atoms with van der Waals surface area (Å²) >= 11 is 0. The topological polar surface area (TPSA) is 37.4 Å². The SMILES string of the molecule is CC1CCC2C(=O)N(c3ccc(C(C)(C)C)cc3)C(=O)C2C1. The van der Waals surface area contributed by atoms with E-state index in [4.69, 9.17) is 0 Å². The van der Waals surface area contributed by atoms with Gasteiger partial charge >= 0.3 is 0 Å². The van der Waals surface area contributed by atoms with Crippen LogP contribution in [0.25, 0.3) is 0 Å². The summed E-state index contributed by atoms with van der Waals surface area (Å²) in [5.41, 5.74) is 2.01. The number of rotatable bonds is 1. The molecule has 0 bridgehead atoms. The molecule has 0 spiro atoms. The van der Waals surface area contributed by atoms with Gasteiger partial charge < -0.3 is 0 Å². The first-order valence-corrected chi connectivity index (χ1v) is 8.27. The van der Waals surface area contributed by atoms with E-state index in [1.165, 1.54) is 10.5 Å². The summed E-state index contributed by atoms with van der Waals surface area (Å²) in [6.07, 6.45) is 2.76. The molecule has 2 fully saturated rings. The Kier molecular flexibility index (Phi) is 3.62. The highest BCUT2D eigenvalue weighted by atomic mass is 16.2. The molecule has 22 heavy (non-hydrogen) atoms. The Labute approximate surface area is 132 Å². The minimum atomic E-state index is -0.0986. The molecule has 1 aromatic carbocycles. The molecule has 1 heterocycles. The number of benzene rings is 1. The van der Waals surface area contributed by atoms with E-state index >= 15 is 0 Å². The summed E-state index contributed by atoms with van der Waals surface area (Å²) in [4.78, 5) is 26.8. The van der Waals surface area contributed by atoms with Crippen LogP contribution in [0.2, 0.25) is 0 Å². The lowest BCUT2D eigenvalue weighted by Crippen LogP contribution is -2.30. The molecule has 1 saturated heterocycles. The number of fused-ring (bicyclic) bond motifs is 1. The molecule has 0 aromatic heterocycles. The maximum atomic E-state index is 12.7. The molecule has 3 rings (SSSR count). The van der Waals surface area contributed by atoms with Crippen molar-refractivity contribution in [1.82, 2.24) is 0 Å². The lowest BCUT2D eigenvalue weighted by atomic mass is 9.76. The van der Waals surface area contributed by atoms with Crippen molar-refractivity contribution >= 4 is 17.5 Å². The van der Waals surface area contributed by atoms with Gasteiger partial charge in [0.2, 0.25) is 11.8 Å². The summed E-state index contributed by atoms with van der Waals surface area (Å²) in [6.45, 7) is 8.65. The predicted molar refractivity (Wildman–Crippen MR) is 87.6 cm³/mol. The van der Waals surface area contributed by atoms with E-state index in [2.05, 4.69) is 27.7 Å². The van der Waals surface area contributed by atoms with Gasteiger partial charge in [-0.1, -0.05) is 39.8 Å². The Bertz CT molecular complexity index is 597. The molecule has 3 unspecified atom stereocenters. The number of carbonyl (C=O) groups is 2. The molecular formula is C19H25NO2. The Hall–Kier alpha value is -1.64. The number of hydrogen-bond acceptors (Lipinski definition) is 2. The zero-order chi connectivity index (χ0) is 16.1. The average Bonchev–Trinajstić information content (AvgIpc) is 2.70. The fraction of sp³-hybridized carbons (Fsp3) is 0.579. The lowest BCUT2D eigenvalue weighted by Gasteiger charge is -2.25. The van der Waals surface area contributed by atoms with E-state index in [1.54, 1.807) is 0 Å². The third-order valence-electron chi connectivity index (χ3n) is 5.18. The smallest absolute Gasteiger partial charge is 0.237 e. The molecule has 0 radical (unpaired) electrons. The molecule has 1 saturated carbocycles. The maximum absolute atomic E-state index is 12.7. The van der Waals surface area contributed by atoms with Crippen molar-refractivity contribution in [3.63, 3.8) is 0 Å². The number of imide groups is 1. The summed E-state index contributed by atoms with van der Waals surface area (Å²) in [6, 6.07) is 7.88. The molecular weight excluding hydrogens is 274 g/mol. The van der Waals surface area contributed by atoms with E-state index in [0.717, 1.165) is 24.9 Å². The molecule has 1 aromatic rings. The van der Waals surface area contributed by atoms with Gasteiger partial charge in [-0.3, -0.25) is 14.5 Å². The number of carbonyl (C=O) groups excluding carboxylic acids is 2. The largest absolute Gasteiger partial charge is 0.274 e. The summed E-state index contributed by atoms with van der Waals surface area (Å²) in [5.74, 6) is 0.362. The van der Waals surface area contributed by atoms with E-state index in [1.807, 2.05) is 24.3 Å². The fourth-order valence-electron chi connectivity index (χ4n) is 3.75. The van der Waals surface area contributed by atoms with E-state index < -0.39 is 0 Å². The number of amides is 2. The summed E-state index contributed by atoms with van der Waals surface area (Å²) in [7, 11) is 0. The van der Waals surface area contributed by atoms with Gasteiger partial charge in [-0.15, -0.1) is 0 Å². The minimum Gasteiger partial charge on any atom is -0.274 e. The minimum absolute atomic E-state index is 0.00468. The van der Waals surface area contributed by atoms with Crippen LogP contribution in [0.4, 0.5) is 5.69 Å². The summed E-state index contributed by atoms with van der Waals surface area (Å²) in [5, 5.41) is 0. The van der Waals surface area contributed by atoms with Crippen LogP contribution in [0.5, 0.6) is 0 Å². The van der Waals surface area contributed by atoms with E-state index in [0.29, 0.717) is 5.92 Å². The first-order valence-electron chi connectivity index (χ1n) is 8.27. The molecule has 2 aliphatic rings. The first-order chi connectivity index (χ1) is 10.3. The third-order valence-corrected chi connectivity index (χ3v) is 5.18. The van der Waals surface area contributed by atoms with Gasteiger partial charge in [0.25, 0.3) is 0 Å². The quantitative estimate of drug-likeness (QED) is 0.737. The average molecular weight is 299 g/mol. The molecule has 0 N–H and O–H groups in total. The van der Waals surface area contributed by atoms with Crippen molar-refractivity contribution in [1.29, 1.82) is 0 Å². The van der Waals surface area contributed by atoms with Gasteiger partial charge in [0, 0.05) is 0 Å². The van der Waals surface area contributed by atoms with Gasteiger partial charge in [0.15, 0.2) is 0 Å². The molecule has 1 aliphatic heterocycles. The standard InChI is InChI=1S/C19H25NO2/c1-12-5-10-15-16(11-12)18(22)20(17(15)21)14-8-6-13(7-9-14)19(2,3)4/h6-9,12,15-16H,5,10-11H2,1-4H3.